The minimum Gasteiger partial charge on any atom is -0.313 e. The van der Waals surface area contributed by atoms with Gasteiger partial charge in [0.15, 0.2) is 0 Å². The summed E-state index contributed by atoms with van der Waals surface area (Å²) in [5.74, 6) is -0.233. The van der Waals surface area contributed by atoms with E-state index >= 15 is 0 Å². The first kappa shape index (κ1) is 14.2. The van der Waals surface area contributed by atoms with E-state index in [2.05, 4.69) is 33.2 Å². The highest BCUT2D eigenvalue weighted by atomic mass is 79.9. The Labute approximate surface area is 121 Å². The van der Waals surface area contributed by atoms with Gasteiger partial charge in [0, 0.05) is 34.5 Å². The molecule has 1 N–H and O–H groups in total. The average molecular weight is 323 g/mol. The van der Waals surface area contributed by atoms with Crippen LogP contribution in [-0.2, 0) is 6.54 Å². The molecule has 0 aliphatic heterocycles. The number of hydrogen-bond acceptors (Lipinski definition) is 2. The van der Waals surface area contributed by atoms with Crippen LogP contribution >= 0.6 is 15.9 Å². The lowest BCUT2D eigenvalue weighted by atomic mass is 10.1. The average Bonchev–Trinajstić information content (AvgIpc) is 2.42. The third-order valence-corrected chi connectivity index (χ3v) is 3.28. The van der Waals surface area contributed by atoms with Crippen molar-refractivity contribution in [1.29, 1.82) is 0 Å². The lowest BCUT2D eigenvalue weighted by Gasteiger charge is -2.07. The molecule has 0 unspecified atom stereocenters. The molecule has 19 heavy (non-hydrogen) atoms. The molecule has 2 rings (SSSR count). The maximum absolute atomic E-state index is 13.8. The lowest BCUT2D eigenvalue weighted by Crippen LogP contribution is -2.13. The summed E-state index contributed by atoms with van der Waals surface area (Å²) in [6.45, 7) is 3.85. The first-order valence-corrected chi connectivity index (χ1v) is 7.10. The number of hydrogen-bond donors (Lipinski definition) is 1. The van der Waals surface area contributed by atoms with E-state index in [1.807, 2.05) is 12.3 Å². The fourth-order valence-corrected chi connectivity index (χ4v) is 2.22. The van der Waals surface area contributed by atoms with Crippen LogP contribution in [0.3, 0.4) is 0 Å². The molecule has 0 saturated carbocycles. The number of nitrogens with zero attached hydrogens (tertiary/aromatic N) is 1. The number of halogens is 2. The monoisotopic (exact) mass is 322 g/mol. The lowest BCUT2D eigenvalue weighted by molar-refractivity contribution is 0.631. The van der Waals surface area contributed by atoms with Gasteiger partial charge in [-0.05, 0) is 42.8 Å². The van der Waals surface area contributed by atoms with Gasteiger partial charge in [-0.2, -0.15) is 0 Å². The summed E-state index contributed by atoms with van der Waals surface area (Å²) in [6.07, 6.45) is 4.59. The molecule has 100 valence electrons. The van der Waals surface area contributed by atoms with Crippen molar-refractivity contribution in [3.8, 4) is 11.1 Å². The topological polar surface area (TPSA) is 24.9 Å². The summed E-state index contributed by atoms with van der Waals surface area (Å²) in [5, 5.41) is 3.31. The van der Waals surface area contributed by atoms with Crippen molar-refractivity contribution >= 4 is 15.9 Å². The smallest absolute Gasteiger partial charge is 0.131 e. The van der Waals surface area contributed by atoms with E-state index in [4.69, 9.17) is 0 Å². The summed E-state index contributed by atoms with van der Waals surface area (Å²) >= 11 is 3.36. The van der Waals surface area contributed by atoms with Crippen molar-refractivity contribution in [2.75, 3.05) is 6.54 Å². The van der Waals surface area contributed by atoms with Gasteiger partial charge in [-0.1, -0.05) is 22.9 Å². The number of aromatic nitrogens is 1. The van der Waals surface area contributed by atoms with Crippen molar-refractivity contribution in [3.05, 3.63) is 52.5 Å². The van der Waals surface area contributed by atoms with Crippen LogP contribution in [0.15, 0.2) is 41.1 Å². The van der Waals surface area contributed by atoms with Crippen molar-refractivity contribution < 1.29 is 4.39 Å². The molecule has 2 aromatic rings. The van der Waals surface area contributed by atoms with E-state index in [9.17, 15) is 4.39 Å². The molecule has 1 heterocycles. The van der Waals surface area contributed by atoms with E-state index in [-0.39, 0.29) is 5.82 Å². The molecule has 0 amide bonds. The van der Waals surface area contributed by atoms with Gasteiger partial charge < -0.3 is 5.32 Å². The van der Waals surface area contributed by atoms with Crippen LogP contribution in [0, 0.1) is 5.82 Å². The van der Waals surface area contributed by atoms with Crippen LogP contribution < -0.4 is 5.32 Å². The number of nitrogens with one attached hydrogen (secondary N) is 1. The van der Waals surface area contributed by atoms with Crippen molar-refractivity contribution in [1.82, 2.24) is 10.3 Å². The first-order valence-electron chi connectivity index (χ1n) is 6.30. The van der Waals surface area contributed by atoms with Gasteiger partial charge in [0.1, 0.15) is 5.82 Å². The molecule has 1 aromatic heterocycles. The quantitative estimate of drug-likeness (QED) is 0.836. The fourth-order valence-electron chi connectivity index (χ4n) is 1.86. The Balaban J connectivity index is 2.24. The molecule has 1 aromatic carbocycles. The van der Waals surface area contributed by atoms with Gasteiger partial charge >= 0.3 is 0 Å². The Morgan fingerprint density at radius 1 is 1.26 bits per heavy atom. The van der Waals surface area contributed by atoms with E-state index in [1.165, 1.54) is 6.07 Å². The molecule has 0 aliphatic carbocycles. The molecule has 0 fully saturated rings. The predicted octanol–water partition coefficient (Wildman–Crippen LogP) is 4.15. The highest BCUT2D eigenvalue weighted by Gasteiger charge is 2.07. The maximum atomic E-state index is 13.8. The minimum atomic E-state index is -0.233. The Bertz CT molecular complexity index is 558. The molecule has 0 radical (unpaired) electrons. The SMILES string of the molecule is CCCNCc1cncc(-c2cc(Br)ccc2F)c1. The number of benzene rings is 1. The van der Waals surface area contributed by atoms with Crippen molar-refractivity contribution in [2.24, 2.45) is 0 Å². The van der Waals surface area contributed by atoms with Crippen molar-refractivity contribution in [3.63, 3.8) is 0 Å². The molecule has 4 heteroatoms. The highest BCUT2D eigenvalue weighted by Crippen LogP contribution is 2.26. The highest BCUT2D eigenvalue weighted by molar-refractivity contribution is 9.10. The number of rotatable bonds is 5. The van der Waals surface area contributed by atoms with Gasteiger partial charge in [0.25, 0.3) is 0 Å². The number of pyridine rings is 1. The van der Waals surface area contributed by atoms with Crippen LogP contribution in [0.5, 0.6) is 0 Å². The third-order valence-electron chi connectivity index (χ3n) is 2.79. The van der Waals surface area contributed by atoms with Gasteiger partial charge in [-0.3, -0.25) is 4.98 Å². The van der Waals surface area contributed by atoms with E-state index in [1.54, 1.807) is 18.3 Å². The Kier molecular flexibility index (Phi) is 5.05. The zero-order chi connectivity index (χ0) is 13.7. The largest absolute Gasteiger partial charge is 0.313 e. The Hall–Kier alpha value is -1.26. The summed E-state index contributed by atoms with van der Waals surface area (Å²) < 4.78 is 14.7. The third kappa shape index (κ3) is 3.85. The molecule has 2 nitrogen and oxygen atoms in total. The normalized spacial score (nSPS) is 10.7. The molecule has 0 atom stereocenters. The molecule has 0 spiro atoms. The van der Waals surface area contributed by atoms with Crippen molar-refractivity contribution in [2.45, 2.75) is 19.9 Å². The second-order valence-electron chi connectivity index (χ2n) is 4.38. The zero-order valence-corrected chi connectivity index (χ0v) is 12.4. The van der Waals surface area contributed by atoms with Gasteiger partial charge in [-0.15, -0.1) is 0 Å². The first-order chi connectivity index (χ1) is 9.20. The van der Waals surface area contributed by atoms with E-state index < -0.39 is 0 Å². The Morgan fingerprint density at radius 3 is 2.89 bits per heavy atom. The van der Waals surface area contributed by atoms with E-state index in [0.29, 0.717) is 5.56 Å². The molecular weight excluding hydrogens is 307 g/mol. The van der Waals surface area contributed by atoms with Crippen LogP contribution in [-0.4, -0.2) is 11.5 Å². The maximum Gasteiger partial charge on any atom is 0.131 e. The second-order valence-corrected chi connectivity index (χ2v) is 5.30. The van der Waals surface area contributed by atoms with Gasteiger partial charge in [0.2, 0.25) is 0 Å². The second kappa shape index (κ2) is 6.78. The molecule has 0 bridgehead atoms. The molecular formula is C15H16BrFN2. The van der Waals surface area contributed by atoms with E-state index in [0.717, 1.165) is 35.1 Å². The molecule has 0 saturated heterocycles. The summed E-state index contributed by atoms with van der Waals surface area (Å²) in [5.41, 5.74) is 2.43. The summed E-state index contributed by atoms with van der Waals surface area (Å²) in [4.78, 5) is 4.19. The standard InChI is InChI=1S/C15H16BrFN2/c1-2-5-18-8-11-6-12(10-19-9-11)14-7-13(16)3-4-15(14)17/h3-4,6-7,9-10,18H,2,5,8H2,1H3. The summed E-state index contributed by atoms with van der Waals surface area (Å²) in [6, 6.07) is 6.90. The summed E-state index contributed by atoms with van der Waals surface area (Å²) in [7, 11) is 0. The Morgan fingerprint density at radius 2 is 2.11 bits per heavy atom. The van der Waals surface area contributed by atoms with Crippen LogP contribution in [0.25, 0.3) is 11.1 Å². The molecule has 0 aliphatic rings. The van der Waals surface area contributed by atoms with Crippen LogP contribution in [0.1, 0.15) is 18.9 Å². The fraction of sp³-hybridized carbons (Fsp3) is 0.267. The van der Waals surface area contributed by atoms with Gasteiger partial charge in [0.05, 0.1) is 0 Å². The van der Waals surface area contributed by atoms with Crippen LogP contribution in [0.2, 0.25) is 0 Å². The van der Waals surface area contributed by atoms with Crippen LogP contribution in [0.4, 0.5) is 4.39 Å². The van der Waals surface area contributed by atoms with Gasteiger partial charge in [-0.25, -0.2) is 4.39 Å². The zero-order valence-electron chi connectivity index (χ0n) is 10.8. The minimum absolute atomic E-state index is 0.233. The predicted molar refractivity (Wildman–Crippen MR) is 79.3 cm³/mol.